The summed E-state index contributed by atoms with van der Waals surface area (Å²) >= 11 is 5.92. The first-order valence-electron chi connectivity index (χ1n) is 4.93. The first-order chi connectivity index (χ1) is 6.54. The predicted octanol–water partition coefficient (Wildman–Crippen LogP) is 2.72. The third-order valence-corrected chi connectivity index (χ3v) is 2.30. The molecular weight excluding hydrogens is 198 g/mol. The van der Waals surface area contributed by atoms with Crippen molar-refractivity contribution >= 4 is 11.6 Å². The Morgan fingerprint density at radius 1 is 1.50 bits per heavy atom. The molecule has 0 atom stereocenters. The number of halogens is 1. The fraction of sp³-hybridized carbons (Fsp3) is 0.545. The average Bonchev–Trinajstić information content (AvgIpc) is 2.09. The van der Waals surface area contributed by atoms with Crippen LogP contribution in [0.4, 0.5) is 0 Å². The molecule has 0 aromatic carbocycles. The average molecular weight is 214 g/mol. The second-order valence-electron chi connectivity index (χ2n) is 3.87. The van der Waals surface area contributed by atoms with E-state index in [4.69, 9.17) is 11.6 Å². The van der Waals surface area contributed by atoms with Crippen LogP contribution in [-0.4, -0.2) is 4.57 Å². The molecule has 0 saturated heterocycles. The normalized spacial score (nSPS) is 10.9. The summed E-state index contributed by atoms with van der Waals surface area (Å²) in [6.07, 6.45) is 2.48. The molecule has 0 unspecified atom stereocenters. The second-order valence-corrected chi connectivity index (χ2v) is 4.31. The van der Waals surface area contributed by atoms with E-state index in [2.05, 4.69) is 13.8 Å². The minimum Gasteiger partial charge on any atom is -0.314 e. The lowest BCUT2D eigenvalue weighted by Gasteiger charge is -2.08. The number of rotatable bonds is 3. The summed E-state index contributed by atoms with van der Waals surface area (Å²) in [5, 5.41) is 0.641. The number of hydrogen-bond donors (Lipinski definition) is 0. The molecule has 78 valence electrons. The van der Waals surface area contributed by atoms with Crippen molar-refractivity contribution in [1.82, 2.24) is 4.57 Å². The Morgan fingerprint density at radius 3 is 2.64 bits per heavy atom. The van der Waals surface area contributed by atoms with Gasteiger partial charge in [0.15, 0.2) is 0 Å². The molecule has 1 aromatic heterocycles. The van der Waals surface area contributed by atoms with Gasteiger partial charge in [-0.25, -0.2) is 0 Å². The molecule has 2 nitrogen and oxygen atoms in total. The monoisotopic (exact) mass is 213 g/mol. The van der Waals surface area contributed by atoms with Gasteiger partial charge in [-0.3, -0.25) is 4.79 Å². The van der Waals surface area contributed by atoms with Gasteiger partial charge in [0.1, 0.15) is 0 Å². The van der Waals surface area contributed by atoms with Gasteiger partial charge in [-0.1, -0.05) is 25.4 Å². The van der Waals surface area contributed by atoms with E-state index in [1.54, 1.807) is 16.8 Å². The van der Waals surface area contributed by atoms with Crippen LogP contribution in [0.2, 0.25) is 5.02 Å². The smallest absolute Gasteiger partial charge is 0.253 e. The lowest BCUT2D eigenvalue weighted by atomic mass is 10.0. The van der Waals surface area contributed by atoms with E-state index in [1.807, 2.05) is 6.92 Å². The van der Waals surface area contributed by atoms with Gasteiger partial charge < -0.3 is 4.57 Å². The van der Waals surface area contributed by atoms with Crippen molar-refractivity contribution in [2.45, 2.75) is 33.7 Å². The number of aromatic nitrogens is 1. The highest BCUT2D eigenvalue weighted by atomic mass is 35.5. The molecule has 0 spiro atoms. The highest BCUT2D eigenvalue weighted by Crippen LogP contribution is 2.10. The number of hydrogen-bond acceptors (Lipinski definition) is 1. The van der Waals surface area contributed by atoms with Gasteiger partial charge in [-0.05, 0) is 25.3 Å². The van der Waals surface area contributed by atoms with Gasteiger partial charge >= 0.3 is 0 Å². The summed E-state index contributed by atoms with van der Waals surface area (Å²) in [7, 11) is 0. The van der Waals surface area contributed by atoms with Gasteiger partial charge in [0, 0.05) is 18.3 Å². The fourth-order valence-corrected chi connectivity index (χ4v) is 1.73. The summed E-state index contributed by atoms with van der Waals surface area (Å²) in [6.45, 7) is 6.80. The van der Waals surface area contributed by atoms with Crippen LogP contribution in [0.1, 0.15) is 26.3 Å². The molecule has 14 heavy (non-hydrogen) atoms. The summed E-state index contributed by atoms with van der Waals surface area (Å²) in [4.78, 5) is 11.8. The molecule has 0 bridgehead atoms. The largest absolute Gasteiger partial charge is 0.314 e. The Morgan fingerprint density at radius 2 is 2.14 bits per heavy atom. The van der Waals surface area contributed by atoms with Gasteiger partial charge in [0.25, 0.3) is 5.56 Å². The lowest BCUT2D eigenvalue weighted by molar-refractivity contribution is 0.627. The Hall–Kier alpha value is -0.760. The first kappa shape index (κ1) is 11.3. The Labute approximate surface area is 89.5 Å². The van der Waals surface area contributed by atoms with E-state index in [1.165, 1.54) is 0 Å². The van der Waals surface area contributed by atoms with E-state index in [0.717, 1.165) is 12.0 Å². The van der Waals surface area contributed by atoms with Crippen molar-refractivity contribution in [2.24, 2.45) is 5.92 Å². The third-order valence-electron chi connectivity index (χ3n) is 2.10. The van der Waals surface area contributed by atoms with Crippen LogP contribution in [-0.2, 0) is 13.0 Å². The van der Waals surface area contributed by atoms with Gasteiger partial charge in [0.05, 0.1) is 5.02 Å². The maximum atomic E-state index is 11.8. The SMILES string of the molecule is CCn1cc(Cl)cc(CC(C)C)c1=O. The maximum Gasteiger partial charge on any atom is 0.253 e. The topological polar surface area (TPSA) is 22.0 Å². The zero-order valence-electron chi connectivity index (χ0n) is 8.88. The molecule has 0 fully saturated rings. The van der Waals surface area contributed by atoms with Crippen molar-refractivity contribution in [2.75, 3.05) is 0 Å². The summed E-state index contributed by atoms with van der Waals surface area (Å²) < 4.78 is 1.65. The van der Waals surface area contributed by atoms with Crippen molar-refractivity contribution in [3.8, 4) is 0 Å². The molecule has 0 aliphatic carbocycles. The number of aryl methyl sites for hydroxylation is 1. The fourth-order valence-electron chi connectivity index (χ4n) is 1.48. The third kappa shape index (κ3) is 2.61. The van der Waals surface area contributed by atoms with Gasteiger partial charge in [-0.2, -0.15) is 0 Å². The number of pyridine rings is 1. The minimum absolute atomic E-state index is 0.0885. The standard InChI is InChI=1S/C11H16ClNO/c1-4-13-7-10(12)6-9(11(13)14)5-8(2)3/h6-8H,4-5H2,1-3H3. The lowest BCUT2D eigenvalue weighted by Crippen LogP contribution is -2.23. The van der Waals surface area contributed by atoms with E-state index in [0.29, 0.717) is 17.5 Å². The van der Waals surface area contributed by atoms with Crippen molar-refractivity contribution < 1.29 is 0 Å². The van der Waals surface area contributed by atoms with E-state index in [9.17, 15) is 4.79 Å². The molecule has 0 aliphatic rings. The van der Waals surface area contributed by atoms with E-state index < -0.39 is 0 Å². The quantitative estimate of drug-likeness (QED) is 0.757. The highest BCUT2D eigenvalue weighted by Gasteiger charge is 2.06. The molecule has 0 amide bonds. The Kier molecular flexibility index (Phi) is 3.76. The van der Waals surface area contributed by atoms with Gasteiger partial charge in [0.2, 0.25) is 0 Å². The Bertz CT molecular complexity index is 368. The summed E-state index contributed by atoms with van der Waals surface area (Å²) in [5.74, 6) is 0.478. The molecular formula is C11H16ClNO. The van der Waals surface area contributed by atoms with Crippen LogP contribution in [0.25, 0.3) is 0 Å². The molecule has 0 saturated carbocycles. The molecule has 1 aromatic rings. The maximum absolute atomic E-state index is 11.8. The van der Waals surface area contributed by atoms with Crippen LogP contribution >= 0.6 is 11.6 Å². The van der Waals surface area contributed by atoms with Crippen molar-refractivity contribution in [3.63, 3.8) is 0 Å². The number of nitrogens with zero attached hydrogens (tertiary/aromatic N) is 1. The van der Waals surface area contributed by atoms with Crippen LogP contribution in [0.5, 0.6) is 0 Å². The zero-order valence-corrected chi connectivity index (χ0v) is 9.64. The first-order valence-corrected chi connectivity index (χ1v) is 5.31. The van der Waals surface area contributed by atoms with Crippen LogP contribution in [0.3, 0.4) is 0 Å². The molecule has 0 radical (unpaired) electrons. The van der Waals surface area contributed by atoms with E-state index in [-0.39, 0.29) is 5.56 Å². The minimum atomic E-state index is 0.0885. The van der Waals surface area contributed by atoms with Crippen molar-refractivity contribution in [1.29, 1.82) is 0 Å². The Balaban J connectivity index is 3.16. The molecule has 0 N–H and O–H groups in total. The van der Waals surface area contributed by atoms with E-state index >= 15 is 0 Å². The molecule has 1 rings (SSSR count). The summed E-state index contributed by atoms with van der Waals surface area (Å²) in [5.41, 5.74) is 0.903. The highest BCUT2D eigenvalue weighted by molar-refractivity contribution is 6.30. The molecule has 0 aliphatic heterocycles. The zero-order chi connectivity index (χ0) is 10.7. The summed E-state index contributed by atoms with van der Waals surface area (Å²) in [6, 6.07) is 1.77. The molecule has 3 heteroatoms. The van der Waals surface area contributed by atoms with Crippen LogP contribution in [0, 0.1) is 5.92 Å². The van der Waals surface area contributed by atoms with Gasteiger partial charge in [-0.15, -0.1) is 0 Å². The van der Waals surface area contributed by atoms with Crippen LogP contribution < -0.4 is 5.56 Å². The van der Waals surface area contributed by atoms with Crippen LogP contribution in [0.15, 0.2) is 17.1 Å². The van der Waals surface area contributed by atoms with Crippen molar-refractivity contribution in [3.05, 3.63) is 33.2 Å². The second kappa shape index (κ2) is 4.65. The molecule has 1 heterocycles. The predicted molar refractivity (Wildman–Crippen MR) is 59.9 cm³/mol.